The zero-order valence-electron chi connectivity index (χ0n) is 8.36. The maximum Gasteiger partial charge on any atom is 0.251 e. The van der Waals surface area contributed by atoms with Crippen LogP contribution < -0.4 is 11.1 Å². The monoisotopic (exact) mass is 206 g/mol. The fourth-order valence-corrected chi connectivity index (χ4v) is 1.51. The minimum absolute atomic E-state index is 0.0451. The van der Waals surface area contributed by atoms with Gasteiger partial charge in [-0.25, -0.2) is 0 Å². The number of carbonyl (C=O) groups excluding carboxylic acids is 1. The predicted molar refractivity (Wildman–Crippen MR) is 57.6 cm³/mol. The van der Waals surface area contributed by atoms with Crippen molar-refractivity contribution in [1.29, 1.82) is 0 Å². The maximum atomic E-state index is 11.6. The Morgan fingerprint density at radius 2 is 2.20 bits per heavy atom. The van der Waals surface area contributed by atoms with Gasteiger partial charge in [-0.3, -0.25) is 4.79 Å². The first-order chi connectivity index (χ1) is 7.16. The van der Waals surface area contributed by atoms with Crippen LogP contribution in [0.5, 0.6) is 5.75 Å². The number of benzene rings is 1. The molecule has 4 nitrogen and oxygen atoms in total. The maximum absolute atomic E-state index is 11.6. The average molecular weight is 206 g/mol. The van der Waals surface area contributed by atoms with Gasteiger partial charge in [-0.1, -0.05) is 0 Å². The Hall–Kier alpha value is -1.71. The van der Waals surface area contributed by atoms with Gasteiger partial charge in [0.2, 0.25) is 0 Å². The molecule has 80 valence electrons. The molecule has 1 fully saturated rings. The molecule has 0 bridgehead atoms. The lowest BCUT2D eigenvalue weighted by molar-refractivity contribution is 0.0916. The van der Waals surface area contributed by atoms with Crippen LogP contribution >= 0.6 is 0 Å². The Bertz CT molecular complexity index is 386. The van der Waals surface area contributed by atoms with Crippen molar-refractivity contribution < 1.29 is 9.90 Å². The first-order valence-corrected chi connectivity index (χ1v) is 5.06. The van der Waals surface area contributed by atoms with Crippen LogP contribution in [0.4, 0.5) is 5.69 Å². The van der Waals surface area contributed by atoms with E-state index < -0.39 is 0 Å². The van der Waals surface area contributed by atoms with Crippen LogP contribution in [0.2, 0.25) is 0 Å². The van der Waals surface area contributed by atoms with Gasteiger partial charge in [-0.2, -0.15) is 0 Å². The molecular formula is C11H14N2O2. The Kier molecular flexibility index (Phi) is 2.49. The van der Waals surface area contributed by atoms with Gasteiger partial charge in [-0.15, -0.1) is 0 Å². The van der Waals surface area contributed by atoms with Gasteiger partial charge in [0.05, 0.1) is 5.69 Å². The highest BCUT2D eigenvalue weighted by Crippen LogP contribution is 2.22. The number of phenolic OH excluding ortho intramolecular Hbond substituents is 1. The normalized spacial score (nSPS) is 15.7. The summed E-state index contributed by atoms with van der Waals surface area (Å²) in [6.07, 6.45) is 3.28. The van der Waals surface area contributed by atoms with E-state index in [-0.39, 0.29) is 17.3 Å². The Morgan fingerprint density at radius 1 is 1.47 bits per heavy atom. The van der Waals surface area contributed by atoms with Crippen LogP contribution in [-0.2, 0) is 0 Å². The molecule has 4 heteroatoms. The van der Waals surface area contributed by atoms with Crippen molar-refractivity contribution in [3.63, 3.8) is 0 Å². The highest BCUT2D eigenvalue weighted by Gasteiger charge is 2.20. The van der Waals surface area contributed by atoms with Crippen LogP contribution in [0, 0.1) is 0 Å². The molecule has 4 N–H and O–H groups in total. The largest absolute Gasteiger partial charge is 0.506 e. The molecule has 2 rings (SSSR count). The average Bonchev–Trinajstić information content (AvgIpc) is 2.15. The summed E-state index contributed by atoms with van der Waals surface area (Å²) in [5.74, 6) is -0.189. The van der Waals surface area contributed by atoms with Gasteiger partial charge < -0.3 is 16.2 Å². The lowest BCUT2D eigenvalue weighted by Gasteiger charge is -2.26. The van der Waals surface area contributed by atoms with Crippen molar-refractivity contribution >= 4 is 11.6 Å². The van der Waals surface area contributed by atoms with Crippen LogP contribution in [-0.4, -0.2) is 17.1 Å². The third-order valence-corrected chi connectivity index (χ3v) is 2.73. The minimum Gasteiger partial charge on any atom is -0.506 e. The second-order valence-electron chi connectivity index (χ2n) is 3.87. The number of carbonyl (C=O) groups is 1. The van der Waals surface area contributed by atoms with E-state index in [1.54, 1.807) is 6.07 Å². The number of aromatic hydroxyl groups is 1. The van der Waals surface area contributed by atoms with Crippen LogP contribution in [0.15, 0.2) is 18.2 Å². The summed E-state index contributed by atoms with van der Waals surface area (Å²) in [5, 5.41) is 12.2. The third-order valence-electron chi connectivity index (χ3n) is 2.73. The zero-order valence-corrected chi connectivity index (χ0v) is 8.36. The Morgan fingerprint density at radius 3 is 2.73 bits per heavy atom. The van der Waals surface area contributed by atoms with Crippen molar-refractivity contribution in [2.24, 2.45) is 0 Å². The van der Waals surface area contributed by atoms with E-state index in [0.717, 1.165) is 12.8 Å². The van der Waals surface area contributed by atoms with Crippen LogP contribution in [0.1, 0.15) is 29.6 Å². The molecule has 0 saturated heterocycles. The molecule has 1 amide bonds. The molecule has 1 saturated carbocycles. The van der Waals surface area contributed by atoms with Gasteiger partial charge in [0.1, 0.15) is 5.75 Å². The van der Waals surface area contributed by atoms with E-state index in [1.165, 1.54) is 18.6 Å². The fourth-order valence-electron chi connectivity index (χ4n) is 1.51. The SMILES string of the molecule is Nc1ccc(C(=O)NC2CCC2)cc1O. The molecule has 0 radical (unpaired) electrons. The van der Waals surface area contributed by atoms with E-state index in [2.05, 4.69) is 5.32 Å². The van der Waals surface area contributed by atoms with Crippen molar-refractivity contribution in [3.8, 4) is 5.75 Å². The summed E-state index contributed by atoms with van der Waals surface area (Å²) in [6, 6.07) is 4.84. The number of hydrogen-bond donors (Lipinski definition) is 3. The van der Waals surface area contributed by atoms with Gasteiger partial charge in [0.15, 0.2) is 0 Å². The highest BCUT2D eigenvalue weighted by molar-refractivity contribution is 5.95. The molecule has 1 aliphatic carbocycles. The minimum atomic E-state index is -0.144. The molecule has 0 heterocycles. The molecule has 0 aromatic heterocycles. The van der Waals surface area contributed by atoms with Crippen molar-refractivity contribution in [1.82, 2.24) is 5.32 Å². The summed E-state index contributed by atoms with van der Waals surface area (Å²) < 4.78 is 0. The zero-order chi connectivity index (χ0) is 10.8. The molecule has 0 spiro atoms. The summed E-state index contributed by atoms with van der Waals surface area (Å²) in [5.41, 5.74) is 6.19. The fraction of sp³-hybridized carbons (Fsp3) is 0.364. The lowest BCUT2D eigenvalue weighted by atomic mass is 9.93. The Labute approximate surface area is 88.1 Å². The molecule has 0 unspecified atom stereocenters. The smallest absolute Gasteiger partial charge is 0.251 e. The number of rotatable bonds is 2. The summed E-state index contributed by atoms with van der Waals surface area (Å²) in [4.78, 5) is 11.6. The predicted octanol–water partition coefficient (Wildman–Crippen LogP) is 1.26. The molecule has 1 aromatic rings. The van der Waals surface area contributed by atoms with Gasteiger partial charge >= 0.3 is 0 Å². The van der Waals surface area contributed by atoms with E-state index in [9.17, 15) is 9.90 Å². The first kappa shape index (κ1) is 9.83. The number of anilines is 1. The lowest BCUT2D eigenvalue weighted by Crippen LogP contribution is -2.39. The topological polar surface area (TPSA) is 75.4 Å². The quantitative estimate of drug-likeness (QED) is 0.503. The van der Waals surface area contributed by atoms with E-state index >= 15 is 0 Å². The van der Waals surface area contributed by atoms with E-state index in [0.29, 0.717) is 11.6 Å². The number of phenols is 1. The van der Waals surface area contributed by atoms with E-state index in [4.69, 9.17) is 5.73 Å². The van der Waals surface area contributed by atoms with Crippen molar-refractivity contribution in [2.75, 3.05) is 5.73 Å². The second kappa shape index (κ2) is 3.81. The third kappa shape index (κ3) is 2.03. The second-order valence-corrected chi connectivity index (χ2v) is 3.87. The van der Waals surface area contributed by atoms with Gasteiger partial charge in [-0.05, 0) is 37.5 Å². The van der Waals surface area contributed by atoms with Crippen LogP contribution in [0.25, 0.3) is 0 Å². The number of hydrogen-bond acceptors (Lipinski definition) is 3. The van der Waals surface area contributed by atoms with Gasteiger partial charge in [0, 0.05) is 11.6 Å². The van der Waals surface area contributed by atoms with Crippen molar-refractivity contribution in [3.05, 3.63) is 23.8 Å². The summed E-state index contributed by atoms with van der Waals surface area (Å²) >= 11 is 0. The molecule has 1 aromatic carbocycles. The summed E-state index contributed by atoms with van der Waals surface area (Å²) in [6.45, 7) is 0. The number of nitrogens with two attached hydrogens (primary N) is 1. The number of nitrogen functional groups attached to an aromatic ring is 1. The molecule has 0 aliphatic heterocycles. The summed E-state index contributed by atoms with van der Waals surface area (Å²) in [7, 11) is 0. The molecular weight excluding hydrogens is 192 g/mol. The first-order valence-electron chi connectivity index (χ1n) is 5.06. The van der Waals surface area contributed by atoms with Crippen molar-refractivity contribution in [2.45, 2.75) is 25.3 Å². The number of amides is 1. The Balaban J connectivity index is 2.07. The van der Waals surface area contributed by atoms with Gasteiger partial charge in [0.25, 0.3) is 5.91 Å². The van der Waals surface area contributed by atoms with Crippen LogP contribution in [0.3, 0.4) is 0 Å². The number of nitrogens with one attached hydrogen (secondary N) is 1. The molecule has 0 atom stereocenters. The van der Waals surface area contributed by atoms with E-state index in [1.807, 2.05) is 0 Å². The molecule has 1 aliphatic rings. The molecule has 15 heavy (non-hydrogen) atoms. The standard InChI is InChI=1S/C11H14N2O2/c12-9-5-4-7(6-10(9)14)11(15)13-8-2-1-3-8/h4-6,8,14H,1-3,12H2,(H,13,15). The highest BCUT2D eigenvalue weighted by atomic mass is 16.3.